The summed E-state index contributed by atoms with van der Waals surface area (Å²) >= 11 is 0. The van der Waals surface area contributed by atoms with Gasteiger partial charge >= 0.3 is 5.97 Å². The number of nitrogens with one attached hydrogen (secondary N) is 1. The van der Waals surface area contributed by atoms with E-state index in [2.05, 4.69) is 22.0 Å². The Balaban J connectivity index is 1.39. The number of esters is 1. The van der Waals surface area contributed by atoms with Crippen LogP contribution in [0.3, 0.4) is 0 Å². The molecule has 1 saturated heterocycles. The summed E-state index contributed by atoms with van der Waals surface area (Å²) in [5.41, 5.74) is 3.94. The topological polar surface area (TPSA) is 62.4 Å². The highest BCUT2D eigenvalue weighted by atomic mass is 16.5. The lowest BCUT2D eigenvalue weighted by atomic mass is 9.97. The van der Waals surface area contributed by atoms with Gasteiger partial charge in [0.25, 0.3) is 0 Å². The smallest absolute Gasteiger partial charge is 0.323 e. The Morgan fingerprint density at radius 2 is 1.90 bits per heavy atom. The largest absolute Gasteiger partial charge is 0.468 e. The van der Waals surface area contributed by atoms with E-state index in [9.17, 15) is 9.59 Å². The number of para-hydroxylation sites is 1. The number of carbonyl (C=O) groups is 2. The van der Waals surface area contributed by atoms with Crippen molar-refractivity contribution < 1.29 is 14.3 Å². The van der Waals surface area contributed by atoms with Crippen LogP contribution in [0.5, 0.6) is 0 Å². The van der Waals surface area contributed by atoms with Crippen molar-refractivity contribution in [1.82, 2.24) is 9.88 Å². The maximum absolute atomic E-state index is 13.1. The van der Waals surface area contributed by atoms with E-state index >= 15 is 0 Å². The molecule has 2 heterocycles. The third kappa shape index (κ3) is 3.15. The van der Waals surface area contributed by atoms with Crippen LogP contribution in [0.1, 0.15) is 11.1 Å². The summed E-state index contributed by atoms with van der Waals surface area (Å²) in [5.74, 6) is -0.0115. The van der Waals surface area contributed by atoms with Crippen LogP contribution in [0.25, 0.3) is 16.5 Å². The van der Waals surface area contributed by atoms with Gasteiger partial charge in [-0.1, -0.05) is 54.6 Å². The predicted octanol–water partition coefficient (Wildman–Crippen LogP) is 3.47. The first-order valence-corrected chi connectivity index (χ1v) is 10.3. The molecule has 1 aromatic heterocycles. The lowest BCUT2D eigenvalue weighted by Crippen LogP contribution is -2.42. The molecule has 5 rings (SSSR count). The maximum atomic E-state index is 13.1. The molecule has 0 radical (unpaired) electrons. The van der Waals surface area contributed by atoms with Gasteiger partial charge in [0.2, 0.25) is 0 Å². The molecule has 0 saturated carbocycles. The Morgan fingerprint density at radius 3 is 2.67 bits per heavy atom. The fourth-order valence-electron chi connectivity index (χ4n) is 4.92. The van der Waals surface area contributed by atoms with Crippen LogP contribution in [0.4, 0.5) is 0 Å². The van der Waals surface area contributed by atoms with E-state index in [1.165, 1.54) is 7.11 Å². The standard InChI is InChI=1S/C25H24N2O3/c1-30-25(29)23(12-17-13-26-22-10-6-5-9-19(17)22)27-14-18-11-20(24(28)21(18)15-27)16-7-3-2-4-8-16/h2-11,13,18,21,23,26H,12,14-15H2,1H3/t18-,21+,23+/m1/s1. The number of ketones is 1. The van der Waals surface area contributed by atoms with E-state index in [0.717, 1.165) is 27.6 Å². The number of ether oxygens (including phenoxy) is 1. The Hall–Kier alpha value is -3.18. The normalized spacial score (nSPS) is 22.2. The fourth-order valence-corrected chi connectivity index (χ4v) is 4.92. The Bertz CT molecular complexity index is 1130. The Kier molecular flexibility index (Phi) is 4.75. The number of fused-ring (bicyclic) bond motifs is 2. The van der Waals surface area contributed by atoms with E-state index in [1.54, 1.807) is 0 Å². The van der Waals surface area contributed by atoms with E-state index < -0.39 is 6.04 Å². The van der Waals surface area contributed by atoms with Gasteiger partial charge in [0.05, 0.1) is 7.11 Å². The van der Waals surface area contributed by atoms with Crippen molar-refractivity contribution in [2.75, 3.05) is 20.2 Å². The minimum absolute atomic E-state index is 0.0877. The molecule has 3 atom stereocenters. The van der Waals surface area contributed by atoms with E-state index in [1.807, 2.05) is 54.7 Å². The molecular weight excluding hydrogens is 376 g/mol. The molecule has 0 unspecified atom stereocenters. The monoisotopic (exact) mass is 400 g/mol. The van der Waals surface area contributed by atoms with Crippen LogP contribution < -0.4 is 0 Å². The highest BCUT2D eigenvalue weighted by molar-refractivity contribution is 6.24. The predicted molar refractivity (Wildman–Crippen MR) is 116 cm³/mol. The van der Waals surface area contributed by atoms with Crippen molar-refractivity contribution in [2.24, 2.45) is 11.8 Å². The quantitative estimate of drug-likeness (QED) is 0.666. The van der Waals surface area contributed by atoms with Gasteiger partial charge in [-0.25, -0.2) is 0 Å². The molecule has 5 heteroatoms. The molecule has 5 nitrogen and oxygen atoms in total. The average Bonchev–Trinajstić information content (AvgIpc) is 3.46. The molecular formula is C25H24N2O3. The number of H-pyrrole nitrogens is 1. The second-order valence-electron chi connectivity index (χ2n) is 8.14. The molecule has 2 aliphatic rings. The molecule has 1 aliphatic heterocycles. The number of rotatable bonds is 5. The molecule has 152 valence electrons. The number of hydrogen-bond acceptors (Lipinski definition) is 4. The van der Waals surface area contributed by atoms with Crippen molar-refractivity contribution in [2.45, 2.75) is 12.5 Å². The van der Waals surface area contributed by atoms with E-state index in [-0.39, 0.29) is 23.6 Å². The molecule has 0 spiro atoms. The first kappa shape index (κ1) is 18.8. The molecule has 1 N–H and O–H groups in total. The Morgan fingerprint density at radius 1 is 1.13 bits per heavy atom. The average molecular weight is 400 g/mol. The number of likely N-dealkylation sites (tertiary alicyclic amines) is 1. The van der Waals surface area contributed by atoms with Crippen molar-refractivity contribution in [3.8, 4) is 0 Å². The number of aromatic nitrogens is 1. The number of carbonyl (C=O) groups excluding carboxylic acids is 2. The van der Waals surface area contributed by atoms with Gasteiger partial charge in [0.1, 0.15) is 6.04 Å². The molecule has 0 bridgehead atoms. The van der Waals surface area contributed by atoms with Crippen molar-refractivity contribution in [3.63, 3.8) is 0 Å². The van der Waals surface area contributed by atoms with Crippen LogP contribution in [0.15, 0.2) is 66.9 Å². The number of nitrogens with zero attached hydrogens (tertiary/aromatic N) is 1. The van der Waals surface area contributed by atoms with E-state index in [4.69, 9.17) is 4.74 Å². The summed E-state index contributed by atoms with van der Waals surface area (Å²) in [6.07, 6.45) is 4.62. The second kappa shape index (κ2) is 7.58. The summed E-state index contributed by atoms with van der Waals surface area (Å²) in [4.78, 5) is 31.1. The van der Waals surface area contributed by atoms with Gasteiger partial charge in [-0.2, -0.15) is 0 Å². The number of methoxy groups -OCH3 is 1. The number of hydrogen-bond donors (Lipinski definition) is 1. The summed E-state index contributed by atoms with van der Waals surface area (Å²) < 4.78 is 5.13. The van der Waals surface area contributed by atoms with Crippen molar-refractivity contribution in [3.05, 3.63) is 78.0 Å². The lowest BCUT2D eigenvalue weighted by molar-refractivity contribution is -0.146. The zero-order chi connectivity index (χ0) is 20.7. The first-order chi connectivity index (χ1) is 14.7. The van der Waals surface area contributed by atoms with Gasteiger partial charge in [-0.3, -0.25) is 14.5 Å². The van der Waals surface area contributed by atoms with Gasteiger partial charge in [-0.05, 0) is 17.2 Å². The Labute approximate surface area is 175 Å². The highest BCUT2D eigenvalue weighted by Gasteiger charge is 2.45. The third-order valence-corrected chi connectivity index (χ3v) is 6.46. The zero-order valence-corrected chi connectivity index (χ0v) is 16.9. The van der Waals surface area contributed by atoms with Crippen molar-refractivity contribution in [1.29, 1.82) is 0 Å². The minimum Gasteiger partial charge on any atom is -0.468 e. The number of Topliss-reactive ketones (excluding diaryl/α,β-unsaturated/α-hetero) is 1. The summed E-state index contributed by atoms with van der Waals surface area (Å²) in [6, 6.07) is 17.5. The number of aromatic amines is 1. The lowest BCUT2D eigenvalue weighted by Gasteiger charge is -2.26. The van der Waals surface area contributed by atoms with Gasteiger partial charge in [0.15, 0.2) is 5.78 Å². The number of benzene rings is 2. The van der Waals surface area contributed by atoms with E-state index in [0.29, 0.717) is 19.5 Å². The minimum atomic E-state index is -0.402. The molecule has 0 amide bonds. The van der Waals surface area contributed by atoms with Crippen LogP contribution >= 0.6 is 0 Å². The number of allylic oxidation sites excluding steroid dienone is 1. The van der Waals surface area contributed by atoms with Crippen LogP contribution in [0, 0.1) is 11.8 Å². The first-order valence-electron chi connectivity index (χ1n) is 10.3. The maximum Gasteiger partial charge on any atom is 0.323 e. The van der Waals surface area contributed by atoms with Gasteiger partial charge < -0.3 is 9.72 Å². The van der Waals surface area contributed by atoms with Crippen LogP contribution in [-0.2, 0) is 20.7 Å². The molecule has 2 aromatic carbocycles. The summed E-state index contributed by atoms with van der Waals surface area (Å²) in [7, 11) is 1.43. The summed E-state index contributed by atoms with van der Waals surface area (Å²) in [6.45, 7) is 1.27. The zero-order valence-electron chi connectivity index (χ0n) is 16.9. The van der Waals surface area contributed by atoms with Crippen molar-refractivity contribution >= 4 is 28.2 Å². The molecule has 3 aromatic rings. The third-order valence-electron chi connectivity index (χ3n) is 6.46. The van der Waals surface area contributed by atoms with Crippen LogP contribution in [0.2, 0.25) is 0 Å². The molecule has 30 heavy (non-hydrogen) atoms. The van der Waals surface area contributed by atoms with Crippen LogP contribution in [-0.4, -0.2) is 47.9 Å². The fraction of sp³-hybridized carbons (Fsp3) is 0.280. The van der Waals surface area contributed by atoms with Gasteiger partial charge in [0, 0.05) is 54.0 Å². The van der Waals surface area contributed by atoms with Gasteiger partial charge in [-0.15, -0.1) is 0 Å². The highest BCUT2D eigenvalue weighted by Crippen LogP contribution is 2.39. The second-order valence-corrected chi connectivity index (χ2v) is 8.14. The SMILES string of the molecule is COC(=O)[C@H](Cc1c[nH]c2ccccc12)N1C[C@H]2C=C(c3ccccc3)C(=O)[C@H]2C1. The molecule has 1 fully saturated rings. The molecule has 1 aliphatic carbocycles. The summed E-state index contributed by atoms with van der Waals surface area (Å²) in [5, 5.41) is 1.12.